The van der Waals surface area contributed by atoms with E-state index >= 15 is 0 Å². The van der Waals surface area contributed by atoms with Crippen LogP contribution in [0.5, 0.6) is 0 Å². The maximum atomic E-state index is 3.77. The number of nitrogens with one attached hydrogen (secondary N) is 1. The molecule has 19 heavy (non-hydrogen) atoms. The van der Waals surface area contributed by atoms with Crippen molar-refractivity contribution in [3.63, 3.8) is 0 Å². The second-order valence-electron chi connectivity index (χ2n) is 7.79. The van der Waals surface area contributed by atoms with Crippen LogP contribution in [0.15, 0.2) is 0 Å². The van der Waals surface area contributed by atoms with Gasteiger partial charge in [0.25, 0.3) is 0 Å². The van der Waals surface area contributed by atoms with Crippen LogP contribution in [-0.2, 0) is 0 Å². The fourth-order valence-electron chi connectivity index (χ4n) is 2.91. The Morgan fingerprint density at radius 1 is 1.26 bits per heavy atom. The summed E-state index contributed by atoms with van der Waals surface area (Å²) in [7, 11) is 4.32. The Morgan fingerprint density at radius 2 is 1.89 bits per heavy atom. The minimum atomic E-state index is 0.349. The summed E-state index contributed by atoms with van der Waals surface area (Å²) in [6.07, 6.45) is 1.27. The highest BCUT2D eigenvalue weighted by atomic mass is 15.2. The van der Waals surface area contributed by atoms with Crippen LogP contribution in [-0.4, -0.2) is 62.2 Å². The molecule has 1 N–H and O–H groups in total. The first-order valence-corrected chi connectivity index (χ1v) is 7.84. The molecule has 1 fully saturated rings. The van der Waals surface area contributed by atoms with Crippen LogP contribution >= 0.6 is 0 Å². The predicted octanol–water partition coefficient (Wildman–Crippen LogP) is 2.28. The first-order chi connectivity index (χ1) is 8.71. The van der Waals surface area contributed by atoms with Gasteiger partial charge in [0.2, 0.25) is 0 Å². The Bertz CT molecular complexity index is 255. The summed E-state index contributed by atoms with van der Waals surface area (Å²) in [5.74, 6) is 0.729. The molecule has 0 spiro atoms. The molecule has 0 saturated carbocycles. The standard InChI is InChI=1S/C16H35N3/c1-13(2)14-11-17-15(16(3,4)5)12-19(14)10-8-9-18(6)7/h13-15,17H,8-12H2,1-7H3. The molecule has 114 valence electrons. The lowest BCUT2D eigenvalue weighted by molar-refractivity contribution is 0.0609. The molecular weight excluding hydrogens is 234 g/mol. The molecule has 3 nitrogen and oxygen atoms in total. The van der Waals surface area contributed by atoms with E-state index in [2.05, 4.69) is 63.8 Å². The van der Waals surface area contributed by atoms with Crippen molar-refractivity contribution in [3.8, 4) is 0 Å². The van der Waals surface area contributed by atoms with E-state index < -0.39 is 0 Å². The molecule has 0 bridgehead atoms. The first-order valence-electron chi connectivity index (χ1n) is 7.84. The minimum Gasteiger partial charge on any atom is -0.311 e. The number of hydrogen-bond acceptors (Lipinski definition) is 3. The van der Waals surface area contributed by atoms with Crippen molar-refractivity contribution in [2.75, 3.05) is 40.3 Å². The van der Waals surface area contributed by atoms with Gasteiger partial charge < -0.3 is 10.2 Å². The zero-order chi connectivity index (χ0) is 14.6. The van der Waals surface area contributed by atoms with Crippen LogP contribution in [0.2, 0.25) is 0 Å². The molecule has 2 unspecified atom stereocenters. The van der Waals surface area contributed by atoms with Crippen LogP contribution in [0.4, 0.5) is 0 Å². The number of nitrogens with zero attached hydrogens (tertiary/aromatic N) is 2. The number of rotatable bonds is 5. The number of hydrogen-bond donors (Lipinski definition) is 1. The van der Waals surface area contributed by atoms with Crippen LogP contribution in [0.3, 0.4) is 0 Å². The molecule has 1 aliphatic heterocycles. The van der Waals surface area contributed by atoms with Gasteiger partial charge in [-0.1, -0.05) is 34.6 Å². The molecule has 0 aromatic carbocycles. The van der Waals surface area contributed by atoms with Crippen molar-refractivity contribution in [1.82, 2.24) is 15.1 Å². The molecule has 3 heteroatoms. The third-order valence-electron chi connectivity index (χ3n) is 4.33. The Hall–Kier alpha value is -0.120. The highest BCUT2D eigenvalue weighted by Gasteiger charge is 2.34. The van der Waals surface area contributed by atoms with Gasteiger partial charge in [0.05, 0.1) is 0 Å². The Balaban J connectivity index is 2.58. The Morgan fingerprint density at radius 3 is 2.37 bits per heavy atom. The van der Waals surface area contributed by atoms with E-state index in [9.17, 15) is 0 Å². The Kier molecular flexibility index (Phi) is 6.28. The average molecular weight is 269 g/mol. The van der Waals surface area contributed by atoms with E-state index in [0.717, 1.165) is 12.5 Å². The molecule has 0 amide bonds. The maximum absolute atomic E-state index is 3.77. The van der Waals surface area contributed by atoms with Crippen molar-refractivity contribution in [2.24, 2.45) is 11.3 Å². The fraction of sp³-hybridized carbons (Fsp3) is 1.00. The fourth-order valence-corrected chi connectivity index (χ4v) is 2.91. The smallest absolute Gasteiger partial charge is 0.0244 e. The molecule has 1 aliphatic rings. The van der Waals surface area contributed by atoms with Gasteiger partial charge in [0, 0.05) is 25.2 Å². The van der Waals surface area contributed by atoms with Crippen molar-refractivity contribution in [2.45, 2.75) is 53.1 Å². The molecule has 0 radical (unpaired) electrons. The van der Waals surface area contributed by atoms with Gasteiger partial charge in [0.15, 0.2) is 0 Å². The molecule has 0 aliphatic carbocycles. The summed E-state index contributed by atoms with van der Waals surface area (Å²) in [5.41, 5.74) is 0.349. The van der Waals surface area contributed by atoms with Crippen molar-refractivity contribution in [1.29, 1.82) is 0 Å². The van der Waals surface area contributed by atoms with Crippen LogP contribution in [0.1, 0.15) is 41.0 Å². The third kappa shape index (κ3) is 5.41. The summed E-state index contributed by atoms with van der Waals surface area (Å²) >= 11 is 0. The van der Waals surface area contributed by atoms with Gasteiger partial charge in [-0.15, -0.1) is 0 Å². The Labute approximate surface area is 120 Å². The van der Waals surface area contributed by atoms with Crippen LogP contribution in [0.25, 0.3) is 0 Å². The predicted molar refractivity (Wildman–Crippen MR) is 84.6 cm³/mol. The summed E-state index contributed by atoms with van der Waals surface area (Å²) < 4.78 is 0. The second kappa shape index (κ2) is 7.05. The van der Waals surface area contributed by atoms with Gasteiger partial charge in [-0.05, 0) is 44.9 Å². The van der Waals surface area contributed by atoms with Gasteiger partial charge in [-0.3, -0.25) is 4.90 Å². The average Bonchev–Trinajstić information content (AvgIpc) is 2.26. The van der Waals surface area contributed by atoms with E-state index in [1.54, 1.807) is 0 Å². The normalized spacial score (nSPS) is 26.4. The molecule has 0 aromatic heterocycles. The molecule has 2 atom stereocenters. The van der Waals surface area contributed by atoms with Gasteiger partial charge in [-0.2, -0.15) is 0 Å². The van der Waals surface area contributed by atoms with E-state index in [4.69, 9.17) is 0 Å². The van der Waals surface area contributed by atoms with Gasteiger partial charge in [0.1, 0.15) is 0 Å². The summed E-state index contributed by atoms with van der Waals surface area (Å²) in [4.78, 5) is 5.01. The summed E-state index contributed by atoms with van der Waals surface area (Å²) in [6, 6.07) is 1.31. The largest absolute Gasteiger partial charge is 0.311 e. The number of piperazine rings is 1. The second-order valence-corrected chi connectivity index (χ2v) is 7.79. The first kappa shape index (κ1) is 16.9. The third-order valence-corrected chi connectivity index (χ3v) is 4.33. The maximum Gasteiger partial charge on any atom is 0.0244 e. The van der Waals surface area contributed by atoms with Crippen molar-refractivity contribution >= 4 is 0 Å². The zero-order valence-corrected chi connectivity index (χ0v) is 14.2. The molecule has 1 heterocycles. The molecule has 1 rings (SSSR count). The minimum absolute atomic E-state index is 0.349. The molecular formula is C16H35N3. The lowest BCUT2D eigenvalue weighted by atomic mass is 9.83. The lowest BCUT2D eigenvalue weighted by Crippen LogP contribution is -2.61. The van der Waals surface area contributed by atoms with E-state index in [1.807, 2.05) is 0 Å². The monoisotopic (exact) mass is 269 g/mol. The summed E-state index contributed by atoms with van der Waals surface area (Å²) in [5, 5.41) is 3.77. The summed E-state index contributed by atoms with van der Waals surface area (Å²) in [6.45, 7) is 16.5. The van der Waals surface area contributed by atoms with E-state index in [-0.39, 0.29) is 0 Å². The lowest BCUT2D eigenvalue weighted by Gasteiger charge is -2.46. The van der Waals surface area contributed by atoms with Crippen LogP contribution in [0, 0.1) is 11.3 Å². The quantitative estimate of drug-likeness (QED) is 0.826. The highest BCUT2D eigenvalue weighted by molar-refractivity contribution is 4.92. The zero-order valence-electron chi connectivity index (χ0n) is 14.2. The van der Waals surface area contributed by atoms with Gasteiger partial charge >= 0.3 is 0 Å². The van der Waals surface area contributed by atoms with E-state index in [0.29, 0.717) is 17.5 Å². The molecule has 1 saturated heterocycles. The van der Waals surface area contributed by atoms with Crippen molar-refractivity contribution < 1.29 is 0 Å². The van der Waals surface area contributed by atoms with E-state index in [1.165, 1.54) is 26.1 Å². The highest BCUT2D eigenvalue weighted by Crippen LogP contribution is 2.25. The topological polar surface area (TPSA) is 18.5 Å². The van der Waals surface area contributed by atoms with Crippen LogP contribution < -0.4 is 5.32 Å². The molecule has 0 aromatic rings. The van der Waals surface area contributed by atoms with Crippen molar-refractivity contribution in [3.05, 3.63) is 0 Å². The SMILES string of the molecule is CC(C)C1CNC(C(C)(C)C)CN1CCCN(C)C. The van der Waals surface area contributed by atoms with Gasteiger partial charge in [-0.25, -0.2) is 0 Å².